The maximum atomic E-state index is 13.2. The fourth-order valence-corrected chi connectivity index (χ4v) is 3.30. The van der Waals surface area contributed by atoms with Crippen LogP contribution in [0.15, 0.2) is 23.1 Å². The molecule has 0 fully saturated rings. The number of carbonyl (C=O) groups is 2. The van der Waals surface area contributed by atoms with E-state index in [2.05, 4.69) is 10.0 Å². The maximum Gasteiger partial charge on any atom is 0.241 e. The molecule has 0 aliphatic carbocycles. The van der Waals surface area contributed by atoms with Gasteiger partial charge < -0.3 is 11.1 Å². The summed E-state index contributed by atoms with van der Waals surface area (Å²) in [4.78, 5) is 22.9. The fourth-order valence-electron chi connectivity index (χ4n) is 2.06. The minimum Gasteiger partial charge on any atom is -0.368 e. The van der Waals surface area contributed by atoms with E-state index in [1.54, 1.807) is 0 Å². The predicted octanol–water partition coefficient (Wildman–Crippen LogP) is 0.429. The van der Waals surface area contributed by atoms with Gasteiger partial charge in [0, 0.05) is 0 Å². The average molecular weight is 359 g/mol. The van der Waals surface area contributed by atoms with Crippen LogP contribution in [0.1, 0.15) is 25.8 Å². The summed E-state index contributed by atoms with van der Waals surface area (Å²) in [5, 5.41) is 2.38. The summed E-state index contributed by atoms with van der Waals surface area (Å²) >= 11 is 0. The summed E-state index contributed by atoms with van der Waals surface area (Å²) in [6.45, 7) is 4.65. The SMILES string of the molecule is Cc1ccc(F)cc1S(=O)(=O)NCC(=O)NC(CC(C)C)C(N)=O. The summed E-state index contributed by atoms with van der Waals surface area (Å²) in [7, 11) is -4.05. The van der Waals surface area contributed by atoms with Crippen molar-refractivity contribution in [3.05, 3.63) is 29.6 Å². The van der Waals surface area contributed by atoms with Gasteiger partial charge in [0.15, 0.2) is 0 Å². The van der Waals surface area contributed by atoms with Gasteiger partial charge >= 0.3 is 0 Å². The van der Waals surface area contributed by atoms with Crippen molar-refractivity contribution in [3.63, 3.8) is 0 Å². The van der Waals surface area contributed by atoms with E-state index in [-0.39, 0.29) is 10.8 Å². The predicted molar refractivity (Wildman–Crippen MR) is 86.9 cm³/mol. The Hall–Kier alpha value is -2.00. The van der Waals surface area contributed by atoms with Gasteiger partial charge in [0.25, 0.3) is 0 Å². The molecule has 1 aromatic rings. The first-order valence-electron chi connectivity index (χ1n) is 7.37. The highest BCUT2D eigenvalue weighted by Crippen LogP contribution is 2.15. The number of rotatable bonds is 8. The molecule has 134 valence electrons. The number of benzene rings is 1. The number of hydrogen-bond donors (Lipinski definition) is 3. The second kappa shape index (κ2) is 8.20. The minimum absolute atomic E-state index is 0.120. The Morgan fingerprint density at radius 3 is 2.46 bits per heavy atom. The lowest BCUT2D eigenvalue weighted by Crippen LogP contribution is -2.48. The van der Waals surface area contributed by atoms with Gasteiger partial charge in [0.05, 0.1) is 11.4 Å². The van der Waals surface area contributed by atoms with Crippen LogP contribution in [0, 0.1) is 18.7 Å². The third-order valence-corrected chi connectivity index (χ3v) is 4.79. The van der Waals surface area contributed by atoms with Gasteiger partial charge in [0.2, 0.25) is 21.8 Å². The second-order valence-corrected chi connectivity index (χ2v) is 7.62. The summed E-state index contributed by atoms with van der Waals surface area (Å²) < 4.78 is 39.6. The van der Waals surface area contributed by atoms with Crippen LogP contribution in [0.2, 0.25) is 0 Å². The smallest absolute Gasteiger partial charge is 0.241 e. The Bertz CT molecular complexity index is 719. The van der Waals surface area contributed by atoms with Crippen LogP contribution < -0.4 is 15.8 Å². The molecule has 0 saturated heterocycles. The Balaban J connectivity index is 2.75. The number of hydrogen-bond acceptors (Lipinski definition) is 4. The zero-order valence-corrected chi connectivity index (χ0v) is 14.6. The summed E-state index contributed by atoms with van der Waals surface area (Å²) in [5.41, 5.74) is 5.56. The molecule has 0 aliphatic rings. The van der Waals surface area contributed by atoms with Gasteiger partial charge in [-0.25, -0.2) is 17.5 Å². The maximum absolute atomic E-state index is 13.2. The number of aryl methyl sites for hydroxylation is 1. The normalized spacial score (nSPS) is 12.9. The molecule has 4 N–H and O–H groups in total. The van der Waals surface area contributed by atoms with Crippen LogP contribution in [0.3, 0.4) is 0 Å². The topological polar surface area (TPSA) is 118 Å². The molecule has 0 aromatic heterocycles. The first kappa shape index (κ1) is 20.0. The Labute approximate surface area is 140 Å². The van der Waals surface area contributed by atoms with E-state index < -0.39 is 40.2 Å². The third kappa shape index (κ3) is 5.89. The first-order valence-corrected chi connectivity index (χ1v) is 8.85. The summed E-state index contributed by atoms with van der Waals surface area (Å²) in [6, 6.07) is 2.47. The van der Waals surface area contributed by atoms with Crippen molar-refractivity contribution < 1.29 is 22.4 Å². The van der Waals surface area contributed by atoms with E-state index in [0.29, 0.717) is 12.0 Å². The molecule has 0 bridgehead atoms. The number of amides is 2. The highest BCUT2D eigenvalue weighted by molar-refractivity contribution is 7.89. The quantitative estimate of drug-likeness (QED) is 0.623. The molecule has 24 heavy (non-hydrogen) atoms. The largest absolute Gasteiger partial charge is 0.368 e. The van der Waals surface area contributed by atoms with Crippen molar-refractivity contribution in [2.24, 2.45) is 11.7 Å². The van der Waals surface area contributed by atoms with Crippen molar-refractivity contribution in [1.82, 2.24) is 10.0 Å². The van der Waals surface area contributed by atoms with Crippen LogP contribution in [0.5, 0.6) is 0 Å². The third-order valence-electron chi connectivity index (χ3n) is 3.25. The van der Waals surface area contributed by atoms with Gasteiger partial charge in [-0.1, -0.05) is 19.9 Å². The molecule has 0 heterocycles. The van der Waals surface area contributed by atoms with E-state index in [0.717, 1.165) is 12.1 Å². The van der Waals surface area contributed by atoms with E-state index in [1.165, 1.54) is 13.0 Å². The number of nitrogens with two attached hydrogens (primary N) is 1. The molecule has 1 aromatic carbocycles. The molecule has 1 unspecified atom stereocenters. The lowest BCUT2D eigenvalue weighted by Gasteiger charge is -2.17. The van der Waals surface area contributed by atoms with Crippen LogP contribution in [-0.4, -0.2) is 32.8 Å². The molecule has 1 atom stereocenters. The van der Waals surface area contributed by atoms with E-state index in [4.69, 9.17) is 5.73 Å². The fraction of sp³-hybridized carbons (Fsp3) is 0.467. The van der Waals surface area contributed by atoms with Crippen molar-refractivity contribution in [1.29, 1.82) is 0 Å². The van der Waals surface area contributed by atoms with Crippen molar-refractivity contribution >= 4 is 21.8 Å². The molecule has 2 amide bonds. The molecule has 0 saturated carbocycles. The molecular formula is C15H22FN3O4S. The highest BCUT2D eigenvalue weighted by Gasteiger charge is 2.22. The molecule has 9 heteroatoms. The lowest BCUT2D eigenvalue weighted by atomic mass is 10.0. The van der Waals surface area contributed by atoms with Gasteiger partial charge in [-0.05, 0) is 37.0 Å². The summed E-state index contributed by atoms with van der Waals surface area (Å²) in [5.74, 6) is -1.97. The van der Waals surface area contributed by atoms with Gasteiger partial charge in [-0.2, -0.15) is 0 Å². The zero-order chi connectivity index (χ0) is 18.5. The average Bonchev–Trinajstić information content (AvgIpc) is 2.46. The molecule has 0 aliphatic heterocycles. The van der Waals surface area contributed by atoms with E-state index >= 15 is 0 Å². The minimum atomic E-state index is -4.05. The number of nitrogens with one attached hydrogen (secondary N) is 2. The van der Waals surface area contributed by atoms with E-state index in [9.17, 15) is 22.4 Å². The number of primary amides is 1. The van der Waals surface area contributed by atoms with Crippen molar-refractivity contribution in [2.45, 2.75) is 38.1 Å². The van der Waals surface area contributed by atoms with Crippen LogP contribution >= 0.6 is 0 Å². The second-order valence-electron chi connectivity index (χ2n) is 5.89. The zero-order valence-electron chi connectivity index (χ0n) is 13.8. The summed E-state index contributed by atoms with van der Waals surface area (Å²) in [6.07, 6.45) is 0.344. The van der Waals surface area contributed by atoms with Gasteiger partial charge in [-0.3, -0.25) is 9.59 Å². The highest BCUT2D eigenvalue weighted by atomic mass is 32.2. The number of carbonyl (C=O) groups excluding carboxylic acids is 2. The number of halogens is 1. The van der Waals surface area contributed by atoms with Crippen molar-refractivity contribution in [3.8, 4) is 0 Å². The van der Waals surface area contributed by atoms with Crippen LogP contribution in [0.25, 0.3) is 0 Å². The number of sulfonamides is 1. The molecule has 0 spiro atoms. The Morgan fingerprint density at radius 1 is 1.29 bits per heavy atom. The molecule has 7 nitrogen and oxygen atoms in total. The Kier molecular flexibility index (Phi) is 6.85. The van der Waals surface area contributed by atoms with Gasteiger partial charge in [-0.15, -0.1) is 0 Å². The van der Waals surface area contributed by atoms with E-state index in [1.807, 2.05) is 13.8 Å². The van der Waals surface area contributed by atoms with Crippen LogP contribution in [0.4, 0.5) is 4.39 Å². The molecule has 0 radical (unpaired) electrons. The van der Waals surface area contributed by atoms with Gasteiger partial charge in [0.1, 0.15) is 11.9 Å². The molecule has 1 rings (SSSR count). The van der Waals surface area contributed by atoms with Crippen LogP contribution in [-0.2, 0) is 19.6 Å². The monoisotopic (exact) mass is 359 g/mol. The van der Waals surface area contributed by atoms with Crippen molar-refractivity contribution in [2.75, 3.05) is 6.54 Å². The standard InChI is InChI=1S/C15H22FN3O4S/c1-9(2)6-12(15(17)21)19-14(20)8-18-24(22,23)13-7-11(16)5-4-10(13)3/h4-5,7,9,12,18H,6,8H2,1-3H3,(H2,17,21)(H,19,20). The lowest BCUT2D eigenvalue weighted by molar-refractivity contribution is -0.127. The Morgan fingerprint density at radius 2 is 1.92 bits per heavy atom. The molecular weight excluding hydrogens is 337 g/mol. The first-order chi connectivity index (χ1) is 11.0.